The maximum atomic E-state index is 13.2. The minimum Gasteiger partial charge on any atom is -0.396 e. The molecule has 0 atom stereocenters. The van der Waals surface area contributed by atoms with Gasteiger partial charge in [0.05, 0.1) is 11.2 Å². The van der Waals surface area contributed by atoms with Gasteiger partial charge in [0.15, 0.2) is 11.6 Å². The third kappa shape index (κ3) is 2.20. The second-order valence-corrected chi connectivity index (χ2v) is 5.18. The lowest BCUT2D eigenvalue weighted by Gasteiger charge is -2.18. The maximum absolute atomic E-state index is 13.2. The highest BCUT2D eigenvalue weighted by Crippen LogP contribution is 2.27. The molecule has 0 aliphatic rings. The van der Waals surface area contributed by atoms with Crippen LogP contribution < -0.4 is 5.73 Å². The zero-order chi connectivity index (χ0) is 13.5. The molecule has 2 rings (SSSR count). The van der Waals surface area contributed by atoms with Crippen LogP contribution in [0.15, 0.2) is 24.4 Å². The zero-order valence-corrected chi connectivity index (χ0v) is 10.5. The van der Waals surface area contributed by atoms with Crippen LogP contribution in [0.25, 0.3) is 11.3 Å². The SMILES string of the molecule is CC(C)(C)n1cc(N)c(-c2ccc(F)c(F)c2)n1. The zero-order valence-electron chi connectivity index (χ0n) is 10.5. The summed E-state index contributed by atoms with van der Waals surface area (Å²) >= 11 is 0. The van der Waals surface area contributed by atoms with Crippen molar-refractivity contribution in [2.24, 2.45) is 0 Å². The van der Waals surface area contributed by atoms with Crippen molar-refractivity contribution in [2.45, 2.75) is 26.3 Å². The van der Waals surface area contributed by atoms with Gasteiger partial charge in [0, 0.05) is 11.8 Å². The van der Waals surface area contributed by atoms with E-state index in [-0.39, 0.29) is 5.54 Å². The molecule has 1 aromatic carbocycles. The van der Waals surface area contributed by atoms with Crippen LogP contribution in [0.3, 0.4) is 0 Å². The first-order chi connectivity index (χ1) is 8.29. The monoisotopic (exact) mass is 251 g/mol. The Hall–Kier alpha value is -1.91. The first-order valence-electron chi connectivity index (χ1n) is 5.60. The van der Waals surface area contributed by atoms with Crippen LogP contribution >= 0.6 is 0 Å². The van der Waals surface area contributed by atoms with Crippen molar-refractivity contribution in [3.8, 4) is 11.3 Å². The molecular weight excluding hydrogens is 236 g/mol. The summed E-state index contributed by atoms with van der Waals surface area (Å²) in [5.41, 5.74) is 7.01. The number of halogens is 2. The Morgan fingerprint density at radius 2 is 1.83 bits per heavy atom. The summed E-state index contributed by atoms with van der Waals surface area (Å²) in [4.78, 5) is 0. The molecule has 0 saturated heterocycles. The largest absolute Gasteiger partial charge is 0.396 e. The third-order valence-corrected chi connectivity index (χ3v) is 2.62. The van der Waals surface area contributed by atoms with Crippen LogP contribution in [0.5, 0.6) is 0 Å². The molecule has 5 heteroatoms. The number of aromatic nitrogens is 2. The molecule has 2 aromatic rings. The molecule has 0 aliphatic heterocycles. The summed E-state index contributed by atoms with van der Waals surface area (Å²) in [6.45, 7) is 5.94. The Balaban J connectivity index is 2.51. The van der Waals surface area contributed by atoms with Crippen LogP contribution in [0.2, 0.25) is 0 Å². The van der Waals surface area contributed by atoms with Crippen LogP contribution in [0.1, 0.15) is 20.8 Å². The van der Waals surface area contributed by atoms with Crippen molar-refractivity contribution in [3.63, 3.8) is 0 Å². The number of benzene rings is 1. The Kier molecular flexibility index (Phi) is 2.84. The Labute approximate surface area is 104 Å². The second kappa shape index (κ2) is 4.08. The summed E-state index contributed by atoms with van der Waals surface area (Å²) < 4.78 is 27.8. The number of nitrogen functional groups attached to an aromatic ring is 1. The molecule has 2 N–H and O–H groups in total. The van der Waals surface area contributed by atoms with Crippen LogP contribution in [-0.2, 0) is 5.54 Å². The molecule has 0 unspecified atom stereocenters. The fourth-order valence-electron chi connectivity index (χ4n) is 1.60. The van der Waals surface area contributed by atoms with Crippen molar-refractivity contribution >= 4 is 5.69 Å². The fourth-order valence-corrected chi connectivity index (χ4v) is 1.60. The molecule has 0 aliphatic carbocycles. The van der Waals surface area contributed by atoms with Gasteiger partial charge in [-0.3, -0.25) is 4.68 Å². The predicted octanol–water partition coefficient (Wildman–Crippen LogP) is 3.17. The first kappa shape index (κ1) is 12.5. The van der Waals surface area contributed by atoms with E-state index in [0.29, 0.717) is 16.9 Å². The molecule has 0 spiro atoms. The quantitative estimate of drug-likeness (QED) is 0.846. The van der Waals surface area contributed by atoms with Gasteiger partial charge < -0.3 is 5.73 Å². The molecule has 18 heavy (non-hydrogen) atoms. The first-order valence-corrected chi connectivity index (χ1v) is 5.60. The predicted molar refractivity (Wildman–Crippen MR) is 67.0 cm³/mol. The lowest BCUT2D eigenvalue weighted by atomic mass is 10.1. The number of hydrogen-bond donors (Lipinski definition) is 1. The van der Waals surface area contributed by atoms with Crippen LogP contribution in [0, 0.1) is 11.6 Å². The van der Waals surface area contributed by atoms with Gasteiger partial charge >= 0.3 is 0 Å². The summed E-state index contributed by atoms with van der Waals surface area (Å²) in [6.07, 6.45) is 1.69. The molecule has 96 valence electrons. The Morgan fingerprint density at radius 3 is 2.33 bits per heavy atom. The van der Waals surface area contributed by atoms with Crippen molar-refractivity contribution < 1.29 is 8.78 Å². The Morgan fingerprint density at radius 1 is 1.17 bits per heavy atom. The molecule has 0 amide bonds. The average molecular weight is 251 g/mol. The topological polar surface area (TPSA) is 43.8 Å². The fraction of sp³-hybridized carbons (Fsp3) is 0.308. The minimum absolute atomic E-state index is 0.217. The number of nitrogens with zero attached hydrogens (tertiary/aromatic N) is 2. The van der Waals surface area contributed by atoms with E-state index in [1.165, 1.54) is 6.07 Å². The lowest BCUT2D eigenvalue weighted by Crippen LogP contribution is -2.22. The summed E-state index contributed by atoms with van der Waals surface area (Å²) in [5.74, 6) is -1.79. The maximum Gasteiger partial charge on any atom is 0.159 e. The molecule has 0 saturated carbocycles. The van der Waals surface area contributed by atoms with Crippen molar-refractivity contribution in [2.75, 3.05) is 5.73 Å². The molecular formula is C13H15F2N3. The number of hydrogen-bond acceptors (Lipinski definition) is 2. The molecule has 0 radical (unpaired) electrons. The second-order valence-electron chi connectivity index (χ2n) is 5.18. The average Bonchev–Trinajstić information content (AvgIpc) is 2.64. The highest BCUT2D eigenvalue weighted by Gasteiger charge is 2.18. The van der Waals surface area contributed by atoms with E-state index >= 15 is 0 Å². The molecule has 0 fully saturated rings. The summed E-state index contributed by atoms with van der Waals surface area (Å²) in [6, 6.07) is 3.63. The lowest BCUT2D eigenvalue weighted by molar-refractivity contribution is 0.356. The van der Waals surface area contributed by atoms with E-state index in [4.69, 9.17) is 5.73 Å². The van der Waals surface area contributed by atoms with Crippen LogP contribution in [-0.4, -0.2) is 9.78 Å². The van der Waals surface area contributed by atoms with E-state index in [0.717, 1.165) is 12.1 Å². The van der Waals surface area contributed by atoms with E-state index in [1.54, 1.807) is 10.9 Å². The van der Waals surface area contributed by atoms with Gasteiger partial charge in [-0.25, -0.2) is 8.78 Å². The molecule has 3 nitrogen and oxygen atoms in total. The molecule has 1 aromatic heterocycles. The highest BCUT2D eigenvalue weighted by molar-refractivity contribution is 5.71. The summed E-state index contributed by atoms with van der Waals surface area (Å²) in [7, 11) is 0. The van der Waals surface area contributed by atoms with E-state index in [2.05, 4.69) is 5.10 Å². The third-order valence-electron chi connectivity index (χ3n) is 2.62. The summed E-state index contributed by atoms with van der Waals surface area (Å²) in [5, 5.41) is 4.32. The normalized spacial score (nSPS) is 11.8. The highest BCUT2D eigenvalue weighted by atomic mass is 19.2. The number of anilines is 1. The van der Waals surface area contributed by atoms with Crippen LogP contribution in [0.4, 0.5) is 14.5 Å². The van der Waals surface area contributed by atoms with Gasteiger partial charge in [-0.1, -0.05) is 0 Å². The van der Waals surface area contributed by atoms with Gasteiger partial charge in [-0.2, -0.15) is 5.10 Å². The number of nitrogens with two attached hydrogens (primary N) is 1. The van der Waals surface area contributed by atoms with Gasteiger partial charge in [0.2, 0.25) is 0 Å². The van der Waals surface area contributed by atoms with Gasteiger partial charge in [-0.05, 0) is 39.0 Å². The van der Waals surface area contributed by atoms with E-state index in [9.17, 15) is 8.78 Å². The molecule has 0 bridgehead atoms. The van der Waals surface area contributed by atoms with E-state index < -0.39 is 11.6 Å². The molecule has 1 heterocycles. The standard InChI is InChI=1S/C13H15F2N3/c1-13(2,3)18-7-11(16)12(17-18)8-4-5-9(14)10(15)6-8/h4-7H,16H2,1-3H3. The minimum atomic E-state index is -0.905. The van der Waals surface area contributed by atoms with E-state index in [1.807, 2.05) is 20.8 Å². The van der Waals surface area contributed by atoms with Gasteiger partial charge in [0.1, 0.15) is 5.69 Å². The number of rotatable bonds is 1. The van der Waals surface area contributed by atoms with Crippen molar-refractivity contribution in [1.82, 2.24) is 9.78 Å². The Bertz CT molecular complexity index is 582. The van der Waals surface area contributed by atoms with Crippen molar-refractivity contribution in [1.29, 1.82) is 0 Å². The van der Waals surface area contributed by atoms with Crippen molar-refractivity contribution in [3.05, 3.63) is 36.0 Å². The van der Waals surface area contributed by atoms with Gasteiger partial charge in [0.25, 0.3) is 0 Å². The van der Waals surface area contributed by atoms with Gasteiger partial charge in [-0.15, -0.1) is 0 Å². The smallest absolute Gasteiger partial charge is 0.159 e.